The standard InChI is InChI=1S/C22H26N8O/c1-14-9-20(26-15(2)25-14)27-21-11-18-10-16(6-8-30(18)28-21)22-19(12-24-29(22)3)31-13-17-5-4-7-23-17/h6,8-12,17,23H,4-5,7,13H2,1-3H3,(H,25,26,27,28)/t17-/m1/s1. The molecule has 0 spiro atoms. The summed E-state index contributed by atoms with van der Waals surface area (Å²) in [6.45, 7) is 5.55. The van der Waals surface area contributed by atoms with E-state index in [9.17, 15) is 0 Å². The first kappa shape index (κ1) is 19.5. The molecule has 1 fully saturated rings. The molecule has 9 heteroatoms. The minimum Gasteiger partial charge on any atom is -0.488 e. The van der Waals surface area contributed by atoms with Gasteiger partial charge in [-0.15, -0.1) is 0 Å². The summed E-state index contributed by atoms with van der Waals surface area (Å²) in [5, 5.41) is 15.8. The molecule has 0 radical (unpaired) electrons. The third-order valence-electron chi connectivity index (χ3n) is 5.47. The second-order valence-electron chi connectivity index (χ2n) is 7.97. The summed E-state index contributed by atoms with van der Waals surface area (Å²) in [6.07, 6.45) is 6.09. The van der Waals surface area contributed by atoms with Gasteiger partial charge in [0.1, 0.15) is 23.9 Å². The van der Waals surface area contributed by atoms with Gasteiger partial charge in [0.05, 0.1) is 11.7 Å². The van der Waals surface area contributed by atoms with Crippen LogP contribution in [-0.2, 0) is 7.05 Å². The number of nitrogens with zero attached hydrogens (tertiary/aromatic N) is 6. The predicted octanol–water partition coefficient (Wildman–Crippen LogP) is 3.02. The Morgan fingerprint density at radius 2 is 2.10 bits per heavy atom. The molecule has 4 aromatic heterocycles. The third kappa shape index (κ3) is 4.09. The molecule has 160 valence electrons. The fourth-order valence-electron chi connectivity index (χ4n) is 4.06. The number of ether oxygens (including phenoxy) is 1. The van der Waals surface area contributed by atoms with Crippen molar-refractivity contribution >= 4 is 17.2 Å². The molecule has 1 aliphatic heterocycles. The van der Waals surface area contributed by atoms with Crippen LogP contribution in [0.1, 0.15) is 24.4 Å². The minimum atomic E-state index is 0.410. The van der Waals surface area contributed by atoms with Gasteiger partial charge < -0.3 is 15.4 Å². The number of aromatic nitrogens is 6. The lowest BCUT2D eigenvalue weighted by molar-refractivity contribution is 0.278. The highest BCUT2D eigenvalue weighted by Gasteiger charge is 2.18. The maximum absolute atomic E-state index is 6.12. The topological polar surface area (TPSA) is 94.2 Å². The number of pyridine rings is 1. The number of rotatable bonds is 6. The Morgan fingerprint density at radius 1 is 1.19 bits per heavy atom. The molecule has 0 amide bonds. The molecule has 0 aromatic carbocycles. The maximum atomic E-state index is 6.12. The Labute approximate surface area is 180 Å². The number of anilines is 2. The summed E-state index contributed by atoms with van der Waals surface area (Å²) in [5.41, 5.74) is 3.87. The van der Waals surface area contributed by atoms with Crippen LogP contribution in [0.4, 0.5) is 11.6 Å². The van der Waals surface area contributed by atoms with Gasteiger partial charge in [0.15, 0.2) is 11.6 Å². The van der Waals surface area contributed by atoms with Gasteiger partial charge in [-0.1, -0.05) is 0 Å². The molecule has 1 aliphatic rings. The van der Waals surface area contributed by atoms with Gasteiger partial charge in [-0.2, -0.15) is 10.2 Å². The molecule has 0 unspecified atom stereocenters. The first-order valence-corrected chi connectivity index (χ1v) is 10.5. The van der Waals surface area contributed by atoms with Crippen molar-refractivity contribution in [3.63, 3.8) is 0 Å². The van der Waals surface area contributed by atoms with Crippen LogP contribution in [0.15, 0.2) is 36.7 Å². The first-order chi connectivity index (χ1) is 15.0. The van der Waals surface area contributed by atoms with Crippen LogP contribution >= 0.6 is 0 Å². The van der Waals surface area contributed by atoms with Crippen LogP contribution in [0.5, 0.6) is 5.75 Å². The van der Waals surface area contributed by atoms with Gasteiger partial charge in [0.2, 0.25) is 0 Å². The highest BCUT2D eigenvalue weighted by Crippen LogP contribution is 2.31. The number of hydrogen-bond donors (Lipinski definition) is 2. The molecule has 1 atom stereocenters. The smallest absolute Gasteiger partial charge is 0.165 e. The largest absolute Gasteiger partial charge is 0.488 e. The number of nitrogens with one attached hydrogen (secondary N) is 2. The zero-order valence-corrected chi connectivity index (χ0v) is 18.0. The Kier molecular flexibility index (Phi) is 5.03. The normalized spacial score (nSPS) is 16.2. The molecular weight excluding hydrogens is 392 g/mol. The highest BCUT2D eigenvalue weighted by atomic mass is 16.5. The second kappa shape index (κ2) is 7.99. The maximum Gasteiger partial charge on any atom is 0.165 e. The zero-order valence-electron chi connectivity index (χ0n) is 18.0. The molecule has 2 N–H and O–H groups in total. The van der Waals surface area contributed by atoms with Gasteiger partial charge in [0.25, 0.3) is 0 Å². The van der Waals surface area contributed by atoms with Crippen LogP contribution in [0.3, 0.4) is 0 Å². The second-order valence-corrected chi connectivity index (χ2v) is 7.97. The van der Waals surface area contributed by atoms with Crippen LogP contribution in [0, 0.1) is 13.8 Å². The van der Waals surface area contributed by atoms with E-state index in [2.05, 4.69) is 36.9 Å². The number of hydrogen-bond acceptors (Lipinski definition) is 7. The van der Waals surface area contributed by atoms with Crippen molar-refractivity contribution in [1.82, 2.24) is 34.7 Å². The summed E-state index contributed by atoms with van der Waals surface area (Å²) < 4.78 is 9.81. The Hall–Kier alpha value is -3.46. The van der Waals surface area contributed by atoms with Crippen molar-refractivity contribution in [3.8, 4) is 17.0 Å². The number of fused-ring (bicyclic) bond motifs is 1. The van der Waals surface area contributed by atoms with E-state index in [0.29, 0.717) is 12.6 Å². The molecule has 0 aliphatic carbocycles. The minimum absolute atomic E-state index is 0.410. The monoisotopic (exact) mass is 418 g/mol. The lowest BCUT2D eigenvalue weighted by Gasteiger charge is -2.13. The average Bonchev–Trinajstić information content (AvgIpc) is 3.44. The fourth-order valence-corrected chi connectivity index (χ4v) is 4.06. The van der Waals surface area contributed by atoms with E-state index in [1.54, 1.807) is 6.20 Å². The quantitative estimate of drug-likeness (QED) is 0.497. The molecule has 9 nitrogen and oxygen atoms in total. The molecule has 31 heavy (non-hydrogen) atoms. The van der Waals surface area contributed by atoms with Gasteiger partial charge in [0, 0.05) is 42.7 Å². The average molecular weight is 419 g/mol. The van der Waals surface area contributed by atoms with Gasteiger partial charge in [-0.3, -0.25) is 4.68 Å². The van der Waals surface area contributed by atoms with E-state index in [4.69, 9.17) is 4.74 Å². The van der Waals surface area contributed by atoms with E-state index in [1.807, 2.05) is 54.5 Å². The van der Waals surface area contributed by atoms with Crippen LogP contribution in [-0.4, -0.2) is 48.6 Å². The lowest BCUT2D eigenvalue weighted by Crippen LogP contribution is -2.28. The lowest BCUT2D eigenvalue weighted by atomic mass is 10.1. The summed E-state index contributed by atoms with van der Waals surface area (Å²) in [7, 11) is 1.93. The molecule has 5 rings (SSSR count). The van der Waals surface area contributed by atoms with E-state index in [1.165, 1.54) is 6.42 Å². The highest BCUT2D eigenvalue weighted by molar-refractivity contribution is 5.72. The van der Waals surface area contributed by atoms with Crippen LogP contribution < -0.4 is 15.4 Å². The SMILES string of the molecule is Cc1cc(Nc2cc3cc(-c4c(OC[C@H]5CCCN5)cnn4C)ccn3n2)nc(C)n1. The van der Waals surface area contributed by atoms with Crippen molar-refractivity contribution in [1.29, 1.82) is 0 Å². The third-order valence-corrected chi connectivity index (χ3v) is 5.47. The molecule has 0 bridgehead atoms. The predicted molar refractivity (Wildman–Crippen MR) is 119 cm³/mol. The van der Waals surface area contributed by atoms with Crippen LogP contribution in [0.2, 0.25) is 0 Å². The van der Waals surface area contributed by atoms with E-state index < -0.39 is 0 Å². The Balaban J connectivity index is 1.40. The zero-order chi connectivity index (χ0) is 21.4. The summed E-state index contributed by atoms with van der Waals surface area (Å²) in [6, 6.07) is 8.43. The van der Waals surface area contributed by atoms with Crippen molar-refractivity contribution in [2.75, 3.05) is 18.5 Å². The van der Waals surface area contributed by atoms with Crippen LogP contribution in [0.25, 0.3) is 16.8 Å². The van der Waals surface area contributed by atoms with Gasteiger partial charge >= 0.3 is 0 Å². The first-order valence-electron chi connectivity index (χ1n) is 10.5. The van der Waals surface area contributed by atoms with Crippen molar-refractivity contribution in [3.05, 3.63) is 48.2 Å². The molecular formula is C22H26N8O. The molecule has 0 saturated carbocycles. The van der Waals surface area contributed by atoms with E-state index >= 15 is 0 Å². The van der Waals surface area contributed by atoms with Crippen molar-refractivity contribution in [2.24, 2.45) is 7.05 Å². The van der Waals surface area contributed by atoms with Crippen molar-refractivity contribution < 1.29 is 4.74 Å². The Bertz CT molecular complexity index is 1200. The summed E-state index contributed by atoms with van der Waals surface area (Å²) in [4.78, 5) is 8.74. The Morgan fingerprint density at radius 3 is 2.90 bits per heavy atom. The van der Waals surface area contributed by atoms with E-state index in [0.717, 1.165) is 58.6 Å². The molecule has 1 saturated heterocycles. The molecule has 5 heterocycles. The summed E-state index contributed by atoms with van der Waals surface area (Å²) in [5.74, 6) is 2.98. The molecule has 4 aromatic rings. The van der Waals surface area contributed by atoms with E-state index in [-0.39, 0.29) is 0 Å². The number of aryl methyl sites for hydroxylation is 3. The fraction of sp³-hybridized carbons (Fsp3) is 0.364. The summed E-state index contributed by atoms with van der Waals surface area (Å²) >= 11 is 0. The van der Waals surface area contributed by atoms with Crippen molar-refractivity contribution in [2.45, 2.75) is 32.7 Å². The van der Waals surface area contributed by atoms with Gasteiger partial charge in [-0.05, 0) is 45.4 Å². The van der Waals surface area contributed by atoms with Gasteiger partial charge in [-0.25, -0.2) is 14.5 Å².